The number of carbonyl (C=O) groups is 1. The van der Waals surface area contributed by atoms with E-state index in [9.17, 15) is 4.79 Å². The molecule has 2 rings (SSSR count). The van der Waals surface area contributed by atoms with Gasteiger partial charge in [-0.15, -0.1) is 0 Å². The van der Waals surface area contributed by atoms with Crippen LogP contribution in [0.1, 0.15) is 12.8 Å². The molecule has 1 amide bonds. The summed E-state index contributed by atoms with van der Waals surface area (Å²) in [7, 11) is 0. The summed E-state index contributed by atoms with van der Waals surface area (Å²) in [5.41, 5.74) is -0.147. The van der Waals surface area contributed by atoms with Gasteiger partial charge < -0.3 is 15.4 Å². The summed E-state index contributed by atoms with van der Waals surface area (Å²) in [6.45, 7) is 2.86. The standard InChI is InChI=1S/C7H12N2O2/c10-6-9-5-7(11-6)1-3-8-4-2-7/h8H,1-5H2,(H,9,10)/p+1. The molecule has 0 radical (unpaired) electrons. The van der Waals surface area contributed by atoms with Crippen LogP contribution >= 0.6 is 0 Å². The molecule has 2 aliphatic heterocycles. The van der Waals surface area contributed by atoms with Gasteiger partial charge in [0.2, 0.25) is 0 Å². The predicted octanol–water partition coefficient (Wildman–Crippen LogP) is -1.18. The van der Waals surface area contributed by atoms with E-state index in [1.54, 1.807) is 0 Å². The van der Waals surface area contributed by atoms with Crippen LogP contribution in [-0.2, 0) is 4.74 Å². The molecule has 3 N–H and O–H groups in total. The molecule has 1 spiro atoms. The third-order valence-corrected chi connectivity index (χ3v) is 2.47. The quantitative estimate of drug-likeness (QED) is 0.465. The summed E-state index contributed by atoms with van der Waals surface area (Å²) in [4.78, 5) is 10.8. The molecule has 0 aromatic rings. The number of ether oxygens (including phenoxy) is 1. The highest BCUT2D eigenvalue weighted by Gasteiger charge is 2.42. The SMILES string of the molecule is O=C1NCC2(CC[NH2+]CC2)O1. The van der Waals surface area contributed by atoms with Crippen LogP contribution in [0, 0.1) is 0 Å². The molecular formula is C7H13N2O2+. The highest BCUT2D eigenvalue weighted by molar-refractivity contribution is 5.70. The number of rotatable bonds is 0. The van der Waals surface area contributed by atoms with Gasteiger partial charge in [-0.25, -0.2) is 4.79 Å². The first-order valence-electron chi connectivity index (χ1n) is 4.09. The Kier molecular flexibility index (Phi) is 1.49. The van der Waals surface area contributed by atoms with Crippen molar-refractivity contribution in [2.75, 3.05) is 19.6 Å². The number of piperidine rings is 1. The average Bonchev–Trinajstić information content (AvgIpc) is 2.34. The summed E-state index contributed by atoms with van der Waals surface area (Å²) >= 11 is 0. The van der Waals surface area contributed by atoms with Gasteiger partial charge in [0, 0.05) is 12.8 Å². The van der Waals surface area contributed by atoms with Crippen molar-refractivity contribution in [3.8, 4) is 0 Å². The van der Waals surface area contributed by atoms with Crippen molar-refractivity contribution in [3.63, 3.8) is 0 Å². The van der Waals surface area contributed by atoms with E-state index in [0.717, 1.165) is 25.9 Å². The van der Waals surface area contributed by atoms with E-state index in [4.69, 9.17) is 4.74 Å². The first kappa shape index (κ1) is 6.91. The summed E-state index contributed by atoms with van der Waals surface area (Å²) < 4.78 is 5.22. The van der Waals surface area contributed by atoms with Crippen LogP contribution in [0.2, 0.25) is 0 Å². The van der Waals surface area contributed by atoms with E-state index in [0.29, 0.717) is 6.54 Å². The molecule has 62 valence electrons. The molecule has 11 heavy (non-hydrogen) atoms. The fourth-order valence-electron chi connectivity index (χ4n) is 1.78. The van der Waals surface area contributed by atoms with Gasteiger partial charge in [-0.05, 0) is 0 Å². The van der Waals surface area contributed by atoms with Crippen LogP contribution < -0.4 is 10.6 Å². The van der Waals surface area contributed by atoms with Crippen LogP contribution in [-0.4, -0.2) is 31.3 Å². The maximum atomic E-state index is 10.8. The molecule has 0 aromatic heterocycles. The van der Waals surface area contributed by atoms with Crippen molar-refractivity contribution in [2.24, 2.45) is 0 Å². The lowest BCUT2D eigenvalue weighted by molar-refractivity contribution is -0.667. The van der Waals surface area contributed by atoms with Crippen LogP contribution in [0.25, 0.3) is 0 Å². The molecule has 4 heteroatoms. The number of quaternary nitrogens is 1. The fraction of sp³-hybridized carbons (Fsp3) is 0.857. The van der Waals surface area contributed by atoms with Crippen molar-refractivity contribution in [3.05, 3.63) is 0 Å². The third kappa shape index (κ3) is 1.18. The minimum Gasteiger partial charge on any atom is -0.441 e. The van der Waals surface area contributed by atoms with Crippen LogP contribution in [0.15, 0.2) is 0 Å². The Hall–Kier alpha value is -0.770. The van der Waals surface area contributed by atoms with Crippen molar-refractivity contribution < 1.29 is 14.8 Å². The lowest BCUT2D eigenvalue weighted by Gasteiger charge is -2.28. The number of hydrogen-bond acceptors (Lipinski definition) is 2. The number of hydrogen-bond donors (Lipinski definition) is 2. The topological polar surface area (TPSA) is 54.9 Å². The summed E-state index contributed by atoms with van der Waals surface area (Å²) in [5, 5.41) is 4.97. The van der Waals surface area contributed by atoms with Gasteiger partial charge in [-0.2, -0.15) is 0 Å². The molecular weight excluding hydrogens is 144 g/mol. The molecule has 0 aliphatic carbocycles. The summed E-state index contributed by atoms with van der Waals surface area (Å²) in [5.74, 6) is 0. The third-order valence-electron chi connectivity index (χ3n) is 2.47. The normalized spacial score (nSPS) is 28.2. The molecule has 4 nitrogen and oxygen atoms in total. The molecule has 0 aromatic carbocycles. The smallest absolute Gasteiger partial charge is 0.407 e. The summed E-state index contributed by atoms with van der Waals surface area (Å²) in [6, 6.07) is 0. The van der Waals surface area contributed by atoms with Crippen molar-refractivity contribution in [1.82, 2.24) is 5.32 Å². The molecule has 0 unspecified atom stereocenters. The lowest BCUT2D eigenvalue weighted by Crippen LogP contribution is -2.88. The van der Waals surface area contributed by atoms with Crippen LogP contribution in [0.3, 0.4) is 0 Å². The zero-order valence-corrected chi connectivity index (χ0v) is 6.43. The molecule has 0 atom stereocenters. The van der Waals surface area contributed by atoms with E-state index in [2.05, 4.69) is 10.6 Å². The monoisotopic (exact) mass is 157 g/mol. The number of nitrogens with two attached hydrogens (primary N) is 1. The Bertz CT molecular complexity index is 175. The van der Waals surface area contributed by atoms with Crippen LogP contribution in [0.4, 0.5) is 4.79 Å². The maximum Gasteiger partial charge on any atom is 0.407 e. The van der Waals surface area contributed by atoms with Crippen LogP contribution in [0.5, 0.6) is 0 Å². The minimum atomic E-state index is -0.244. The van der Waals surface area contributed by atoms with E-state index in [-0.39, 0.29) is 11.7 Å². The second-order valence-corrected chi connectivity index (χ2v) is 3.29. The molecule has 0 saturated carbocycles. The number of carbonyl (C=O) groups excluding carboxylic acids is 1. The Balaban J connectivity index is 2.03. The van der Waals surface area contributed by atoms with E-state index in [1.165, 1.54) is 0 Å². The highest BCUT2D eigenvalue weighted by atomic mass is 16.6. The minimum absolute atomic E-state index is 0.147. The van der Waals surface area contributed by atoms with Gasteiger partial charge in [0.15, 0.2) is 0 Å². The second-order valence-electron chi connectivity index (χ2n) is 3.29. The first-order valence-corrected chi connectivity index (χ1v) is 4.09. The summed E-state index contributed by atoms with van der Waals surface area (Å²) in [6.07, 6.45) is 1.74. The van der Waals surface area contributed by atoms with Crippen molar-refractivity contribution >= 4 is 6.09 Å². The lowest BCUT2D eigenvalue weighted by atomic mass is 9.93. The van der Waals surface area contributed by atoms with E-state index in [1.807, 2.05) is 0 Å². The zero-order valence-electron chi connectivity index (χ0n) is 6.43. The van der Waals surface area contributed by atoms with E-state index >= 15 is 0 Å². The van der Waals surface area contributed by atoms with E-state index < -0.39 is 0 Å². The maximum absolute atomic E-state index is 10.8. The van der Waals surface area contributed by atoms with Crippen molar-refractivity contribution in [2.45, 2.75) is 18.4 Å². The van der Waals surface area contributed by atoms with Gasteiger partial charge in [0.05, 0.1) is 19.6 Å². The van der Waals surface area contributed by atoms with Gasteiger partial charge in [-0.3, -0.25) is 0 Å². The van der Waals surface area contributed by atoms with Crippen molar-refractivity contribution in [1.29, 1.82) is 0 Å². The number of amides is 1. The Morgan fingerprint density at radius 2 is 2.18 bits per heavy atom. The highest BCUT2D eigenvalue weighted by Crippen LogP contribution is 2.24. The molecule has 2 aliphatic rings. The fourth-order valence-corrected chi connectivity index (χ4v) is 1.78. The Morgan fingerprint density at radius 3 is 2.73 bits per heavy atom. The number of alkyl carbamates (subject to hydrolysis) is 1. The molecule has 0 bridgehead atoms. The zero-order chi connectivity index (χ0) is 7.73. The van der Waals surface area contributed by atoms with Gasteiger partial charge in [-0.1, -0.05) is 0 Å². The predicted molar refractivity (Wildman–Crippen MR) is 38.1 cm³/mol. The first-order chi connectivity index (χ1) is 5.31. The Labute approximate surface area is 65.3 Å². The van der Waals surface area contributed by atoms with Gasteiger partial charge in [0.25, 0.3) is 0 Å². The Morgan fingerprint density at radius 1 is 1.45 bits per heavy atom. The average molecular weight is 157 g/mol. The molecule has 2 saturated heterocycles. The molecule has 2 fully saturated rings. The molecule has 2 heterocycles. The largest absolute Gasteiger partial charge is 0.441 e. The second kappa shape index (κ2) is 2.37. The van der Waals surface area contributed by atoms with Gasteiger partial charge in [0.1, 0.15) is 5.60 Å². The number of nitrogens with one attached hydrogen (secondary N) is 1. The van der Waals surface area contributed by atoms with Gasteiger partial charge >= 0.3 is 6.09 Å².